The van der Waals surface area contributed by atoms with Crippen LogP contribution in [0.1, 0.15) is 5.56 Å². The highest BCUT2D eigenvalue weighted by molar-refractivity contribution is 7.99. The lowest BCUT2D eigenvalue weighted by atomic mass is 10.2. The largest absolute Gasteiger partial charge is 0.324 e. The average Bonchev–Trinajstić information content (AvgIpc) is 3.05. The van der Waals surface area contributed by atoms with Crippen molar-refractivity contribution in [2.75, 3.05) is 11.1 Å². The minimum atomic E-state index is -0.325. The minimum absolute atomic E-state index is 0.164. The summed E-state index contributed by atoms with van der Waals surface area (Å²) in [5.41, 5.74) is 2.16. The molecule has 1 amide bonds. The van der Waals surface area contributed by atoms with Crippen molar-refractivity contribution >= 4 is 35.0 Å². The number of imidazole rings is 1. The van der Waals surface area contributed by atoms with Crippen LogP contribution < -0.4 is 5.32 Å². The summed E-state index contributed by atoms with van der Waals surface area (Å²) in [6, 6.07) is 11.6. The maximum atomic E-state index is 13.4. The topological polar surface area (TPSA) is 46.9 Å². The summed E-state index contributed by atoms with van der Waals surface area (Å²) in [6.07, 6.45) is 3.34. The van der Waals surface area contributed by atoms with E-state index in [2.05, 4.69) is 10.3 Å². The fourth-order valence-corrected chi connectivity index (χ4v) is 3.36. The van der Waals surface area contributed by atoms with Crippen LogP contribution in [0.25, 0.3) is 5.69 Å². The Balaban J connectivity index is 1.69. The first-order chi connectivity index (χ1) is 12.0. The molecule has 0 saturated carbocycles. The molecule has 1 heterocycles. The number of nitrogens with one attached hydrogen (secondary N) is 1. The lowest BCUT2D eigenvalue weighted by Gasteiger charge is -2.10. The van der Waals surface area contributed by atoms with Gasteiger partial charge in [0.1, 0.15) is 5.82 Å². The third-order valence-corrected chi connectivity index (χ3v) is 4.79. The molecular formula is C18H15ClFN3OS. The zero-order valence-corrected chi connectivity index (χ0v) is 14.9. The molecule has 0 atom stereocenters. The van der Waals surface area contributed by atoms with Gasteiger partial charge < -0.3 is 5.32 Å². The Morgan fingerprint density at radius 2 is 2.12 bits per heavy atom. The van der Waals surface area contributed by atoms with E-state index in [0.717, 1.165) is 5.56 Å². The molecule has 128 valence electrons. The summed E-state index contributed by atoms with van der Waals surface area (Å²) in [5.74, 6) is -0.346. The first kappa shape index (κ1) is 17.5. The predicted octanol–water partition coefficient (Wildman–Crippen LogP) is 4.70. The molecule has 2 aromatic carbocycles. The molecule has 0 bridgehead atoms. The minimum Gasteiger partial charge on any atom is -0.324 e. The van der Waals surface area contributed by atoms with E-state index >= 15 is 0 Å². The highest BCUT2D eigenvalue weighted by Gasteiger charge is 2.12. The second kappa shape index (κ2) is 7.72. The van der Waals surface area contributed by atoms with Crippen molar-refractivity contribution < 1.29 is 9.18 Å². The van der Waals surface area contributed by atoms with E-state index in [4.69, 9.17) is 11.6 Å². The van der Waals surface area contributed by atoms with Gasteiger partial charge in [-0.1, -0.05) is 41.6 Å². The number of hydrogen-bond acceptors (Lipinski definition) is 3. The summed E-state index contributed by atoms with van der Waals surface area (Å²) in [4.78, 5) is 16.5. The van der Waals surface area contributed by atoms with Crippen LogP contribution >= 0.6 is 23.4 Å². The molecule has 0 aliphatic carbocycles. The molecule has 0 aliphatic heterocycles. The number of anilines is 1. The van der Waals surface area contributed by atoms with Crippen molar-refractivity contribution in [3.63, 3.8) is 0 Å². The van der Waals surface area contributed by atoms with Crippen LogP contribution in [-0.4, -0.2) is 21.2 Å². The molecule has 0 aliphatic rings. The number of carbonyl (C=O) groups excluding carboxylic acids is 1. The van der Waals surface area contributed by atoms with Crippen molar-refractivity contribution in [2.24, 2.45) is 0 Å². The lowest BCUT2D eigenvalue weighted by molar-refractivity contribution is -0.113. The van der Waals surface area contributed by atoms with Gasteiger partial charge in [-0.15, -0.1) is 0 Å². The molecule has 3 rings (SSSR count). The number of nitrogens with zero attached hydrogens (tertiary/aromatic N) is 2. The number of thioether (sulfide) groups is 1. The molecule has 0 fully saturated rings. The number of aromatic nitrogens is 2. The van der Waals surface area contributed by atoms with Crippen molar-refractivity contribution in [1.82, 2.24) is 9.55 Å². The van der Waals surface area contributed by atoms with E-state index in [9.17, 15) is 9.18 Å². The van der Waals surface area contributed by atoms with Gasteiger partial charge in [0.15, 0.2) is 5.16 Å². The maximum absolute atomic E-state index is 13.4. The van der Waals surface area contributed by atoms with E-state index in [-0.39, 0.29) is 17.5 Å². The van der Waals surface area contributed by atoms with Crippen molar-refractivity contribution in [2.45, 2.75) is 12.1 Å². The van der Waals surface area contributed by atoms with Crippen molar-refractivity contribution in [3.05, 3.63) is 71.3 Å². The van der Waals surface area contributed by atoms with Gasteiger partial charge in [0.2, 0.25) is 5.91 Å². The molecule has 0 saturated heterocycles. The molecule has 1 N–H and O–H groups in total. The monoisotopic (exact) mass is 375 g/mol. The summed E-state index contributed by atoms with van der Waals surface area (Å²) in [5, 5.41) is 3.93. The van der Waals surface area contributed by atoms with Gasteiger partial charge >= 0.3 is 0 Å². The summed E-state index contributed by atoms with van der Waals surface area (Å²) >= 11 is 7.39. The van der Waals surface area contributed by atoms with Crippen LogP contribution in [0.2, 0.25) is 5.02 Å². The van der Waals surface area contributed by atoms with E-state index in [1.807, 2.05) is 19.1 Å². The predicted molar refractivity (Wildman–Crippen MR) is 99.1 cm³/mol. The van der Waals surface area contributed by atoms with Gasteiger partial charge in [0.05, 0.1) is 22.2 Å². The molecule has 4 nitrogen and oxygen atoms in total. The van der Waals surface area contributed by atoms with Crippen molar-refractivity contribution in [1.29, 1.82) is 0 Å². The van der Waals surface area contributed by atoms with E-state index in [1.54, 1.807) is 35.2 Å². The smallest absolute Gasteiger partial charge is 0.234 e. The summed E-state index contributed by atoms with van der Waals surface area (Å²) in [6.45, 7) is 1.88. The number of amides is 1. The zero-order valence-electron chi connectivity index (χ0n) is 13.4. The van der Waals surface area contributed by atoms with Crippen LogP contribution in [0.3, 0.4) is 0 Å². The Morgan fingerprint density at radius 3 is 2.88 bits per heavy atom. The fraction of sp³-hybridized carbons (Fsp3) is 0.111. The Bertz CT molecular complexity index is 893. The number of rotatable bonds is 5. The van der Waals surface area contributed by atoms with Crippen LogP contribution in [0.15, 0.2) is 60.0 Å². The van der Waals surface area contributed by atoms with Crippen LogP contribution in [0.5, 0.6) is 0 Å². The van der Waals surface area contributed by atoms with Crippen molar-refractivity contribution in [3.8, 4) is 5.69 Å². The van der Waals surface area contributed by atoms with E-state index < -0.39 is 0 Å². The molecule has 7 heteroatoms. The van der Waals surface area contributed by atoms with Crippen LogP contribution in [0, 0.1) is 12.7 Å². The first-order valence-electron chi connectivity index (χ1n) is 7.51. The molecule has 25 heavy (non-hydrogen) atoms. The van der Waals surface area contributed by atoms with Gasteiger partial charge in [0.25, 0.3) is 0 Å². The van der Waals surface area contributed by atoms with Gasteiger partial charge in [-0.3, -0.25) is 9.36 Å². The quantitative estimate of drug-likeness (QED) is 0.657. The van der Waals surface area contributed by atoms with Gasteiger partial charge in [0, 0.05) is 12.4 Å². The number of para-hydroxylation sites is 1. The maximum Gasteiger partial charge on any atom is 0.234 e. The number of hydrogen-bond donors (Lipinski definition) is 1. The Morgan fingerprint density at radius 1 is 1.32 bits per heavy atom. The number of benzene rings is 2. The van der Waals surface area contributed by atoms with Crippen LogP contribution in [-0.2, 0) is 4.79 Å². The molecular weight excluding hydrogens is 361 g/mol. The second-order valence-electron chi connectivity index (χ2n) is 5.33. The number of aryl methyl sites for hydroxylation is 1. The highest BCUT2D eigenvalue weighted by Crippen LogP contribution is 2.26. The SMILES string of the molecule is Cc1cccc(Cl)c1NC(=O)CSc1nccn1-c1cccc(F)c1. The fourth-order valence-electron chi connectivity index (χ4n) is 2.31. The molecule has 3 aromatic rings. The highest BCUT2D eigenvalue weighted by atomic mass is 35.5. The second-order valence-corrected chi connectivity index (χ2v) is 6.68. The average molecular weight is 376 g/mol. The normalized spacial score (nSPS) is 10.7. The zero-order chi connectivity index (χ0) is 17.8. The van der Waals surface area contributed by atoms with Crippen LogP contribution in [0.4, 0.5) is 10.1 Å². The molecule has 0 spiro atoms. The van der Waals surface area contributed by atoms with E-state index in [1.165, 1.54) is 23.9 Å². The number of halogens is 2. The third-order valence-electron chi connectivity index (χ3n) is 3.51. The Hall–Kier alpha value is -2.31. The van der Waals surface area contributed by atoms with Gasteiger partial charge in [-0.2, -0.15) is 0 Å². The Kier molecular flexibility index (Phi) is 5.40. The van der Waals surface area contributed by atoms with Gasteiger partial charge in [-0.25, -0.2) is 9.37 Å². The third kappa shape index (κ3) is 4.21. The molecule has 0 unspecified atom stereocenters. The van der Waals surface area contributed by atoms with E-state index in [0.29, 0.717) is 21.6 Å². The molecule has 0 radical (unpaired) electrons. The Labute approximate surface area is 154 Å². The summed E-state index contributed by atoms with van der Waals surface area (Å²) in [7, 11) is 0. The number of carbonyl (C=O) groups is 1. The molecule has 1 aromatic heterocycles. The summed E-state index contributed by atoms with van der Waals surface area (Å²) < 4.78 is 15.1. The first-order valence-corrected chi connectivity index (χ1v) is 8.88. The van der Waals surface area contributed by atoms with Gasteiger partial charge in [-0.05, 0) is 36.8 Å². The standard InChI is InChI=1S/C18H15ClFN3OS/c1-12-4-2-7-15(19)17(12)22-16(24)11-25-18-21-8-9-23(18)14-6-3-5-13(20)10-14/h2-10H,11H2,1H3,(H,22,24). The lowest BCUT2D eigenvalue weighted by Crippen LogP contribution is -2.15.